The lowest BCUT2D eigenvalue weighted by Crippen LogP contribution is -2.45. The van der Waals surface area contributed by atoms with Gasteiger partial charge in [0.2, 0.25) is 0 Å². The summed E-state index contributed by atoms with van der Waals surface area (Å²) in [6, 6.07) is 8.17. The van der Waals surface area contributed by atoms with Crippen molar-refractivity contribution in [2.75, 3.05) is 26.2 Å². The largest absolute Gasteiger partial charge is 0.347 e. The molecule has 1 aromatic rings. The Balaban J connectivity index is 1.98. The van der Waals surface area contributed by atoms with E-state index in [4.69, 9.17) is 5.73 Å². The van der Waals surface area contributed by atoms with Crippen molar-refractivity contribution in [1.29, 1.82) is 0 Å². The molecule has 0 saturated heterocycles. The van der Waals surface area contributed by atoms with Crippen LogP contribution in [0.25, 0.3) is 0 Å². The molecule has 1 aromatic carbocycles. The second-order valence-corrected chi connectivity index (χ2v) is 4.61. The van der Waals surface area contributed by atoms with Crippen LogP contribution in [0, 0.1) is 0 Å². The Morgan fingerprint density at radius 2 is 1.74 bits per heavy atom. The van der Waals surface area contributed by atoms with Gasteiger partial charge in [0, 0.05) is 26.2 Å². The first-order valence-corrected chi connectivity index (χ1v) is 6.56. The van der Waals surface area contributed by atoms with E-state index in [1.807, 2.05) is 12.1 Å². The summed E-state index contributed by atoms with van der Waals surface area (Å²) in [6.45, 7) is 1.85. The Kier molecular flexibility index (Phi) is 4.52. The van der Waals surface area contributed by atoms with Gasteiger partial charge < -0.3 is 16.0 Å². The molecule has 0 aliphatic carbocycles. The Bertz CT molecular complexity index is 447. The lowest BCUT2D eigenvalue weighted by molar-refractivity contribution is -0.145. The molecule has 5 heteroatoms. The van der Waals surface area contributed by atoms with Gasteiger partial charge in [0.1, 0.15) is 0 Å². The molecular weight excluding hydrogens is 242 g/mol. The van der Waals surface area contributed by atoms with Gasteiger partial charge in [0.15, 0.2) is 0 Å². The van der Waals surface area contributed by atoms with E-state index in [9.17, 15) is 9.59 Å². The molecule has 1 aliphatic heterocycles. The van der Waals surface area contributed by atoms with Gasteiger partial charge in [0.05, 0.1) is 0 Å². The van der Waals surface area contributed by atoms with Crippen LogP contribution >= 0.6 is 0 Å². The van der Waals surface area contributed by atoms with Crippen LogP contribution in [0.2, 0.25) is 0 Å². The Morgan fingerprint density at radius 3 is 2.26 bits per heavy atom. The minimum Gasteiger partial charge on any atom is -0.347 e. The van der Waals surface area contributed by atoms with Gasteiger partial charge in [-0.15, -0.1) is 0 Å². The topological polar surface area (TPSA) is 75.4 Å². The maximum Gasteiger partial charge on any atom is 0.311 e. The number of fused-ring (bicyclic) bond motifs is 1. The molecule has 2 rings (SSSR count). The van der Waals surface area contributed by atoms with Crippen molar-refractivity contribution in [3.63, 3.8) is 0 Å². The first-order valence-electron chi connectivity index (χ1n) is 6.56. The highest BCUT2D eigenvalue weighted by Crippen LogP contribution is 2.15. The van der Waals surface area contributed by atoms with Crippen LogP contribution in [0.1, 0.15) is 11.1 Å². The predicted molar refractivity (Wildman–Crippen MR) is 72.5 cm³/mol. The van der Waals surface area contributed by atoms with E-state index in [0.29, 0.717) is 26.2 Å². The molecule has 0 aromatic heterocycles. The van der Waals surface area contributed by atoms with Crippen LogP contribution in [-0.2, 0) is 22.4 Å². The average Bonchev–Trinajstić information content (AvgIpc) is 2.66. The number of nitrogens with one attached hydrogen (secondary N) is 1. The fourth-order valence-corrected chi connectivity index (χ4v) is 2.28. The summed E-state index contributed by atoms with van der Waals surface area (Å²) < 4.78 is 0. The van der Waals surface area contributed by atoms with Crippen molar-refractivity contribution >= 4 is 11.8 Å². The van der Waals surface area contributed by atoms with E-state index in [0.717, 1.165) is 12.8 Å². The molecule has 1 heterocycles. The van der Waals surface area contributed by atoms with Gasteiger partial charge in [-0.25, -0.2) is 0 Å². The summed E-state index contributed by atoms with van der Waals surface area (Å²) in [5, 5.41) is 2.52. The Labute approximate surface area is 112 Å². The van der Waals surface area contributed by atoms with Crippen LogP contribution < -0.4 is 11.1 Å². The van der Waals surface area contributed by atoms with E-state index in [1.165, 1.54) is 11.1 Å². The van der Waals surface area contributed by atoms with Crippen LogP contribution in [-0.4, -0.2) is 42.9 Å². The Morgan fingerprint density at radius 1 is 1.16 bits per heavy atom. The lowest BCUT2D eigenvalue weighted by Gasteiger charge is -2.19. The summed E-state index contributed by atoms with van der Waals surface area (Å²) >= 11 is 0. The van der Waals surface area contributed by atoms with Crippen molar-refractivity contribution in [2.24, 2.45) is 5.73 Å². The van der Waals surface area contributed by atoms with Gasteiger partial charge in [-0.1, -0.05) is 24.3 Å². The van der Waals surface area contributed by atoms with Crippen LogP contribution in [0.4, 0.5) is 0 Å². The minimum absolute atomic E-state index is 0.332. The third-order valence-corrected chi connectivity index (χ3v) is 3.33. The van der Waals surface area contributed by atoms with Gasteiger partial charge in [-0.3, -0.25) is 9.59 Å². The van der Waals surface area contributed by atoms with Crippen LogP contribution in [0.15, 0.2) is 24.3 Å². The fraction of sp³-hybridized carbons (Fsp3) is 0.429. The molecule has 2 amide bonds. The maximum absolute atomic E-state index is 12.0. The van der Waals surface area contributed by atoms with E-state index < -0.39 is 11.8 Å². The van der Waals surface area contributed by atoms with Crippen molar-refractivity contribution in [3.8, 4) is 0 Å². The molecule has 102 valence electrons. The number of benzene rings is 1. The molecule has 3 N–H and O–H groups in total. The van der Waals surface area contributed by atoms with Crippen LogP contribution in [0.3, 0.4) is 0 Å². The maximum atomic E-state index is 12.0. The first-order chi connectivity index (χ1) is 9.22. The van der Waals surface area contributed by atoms with E-state index in [1.54, 1.807) is 4.90 Å². The van der Waals surface area contributed by atoms with Crippen molar-refractivity contribution in [3.05, 3.63) is 35.4 Å². The summed E-state index contributed by atoms with van der Waals surface area (Å²) in [7, 11) is 0. The Hall–Kier alpha value is -1.88. The molecule has 19 heavy (non-hydrogen) atoms. The number of nitrogens with two attached hydrogens (primary N) is 1. The van der Waals surface area contributed by atoms with Crippen molar-refractivity contribution < 1.29 is 9.59 Å². The highest BCUT2D eigenvalue weighted by Gasteiger charge is 2.23. The summed E-state index contributed by atoms with van der Waals surface area (Å²) in [5.41, 5.74) is 7.83. The number of carbonyl (C=O) groups is 2. The molecule has 0 fully saturated rings. The molecule has 0 atom stereocenters. The zero-order valence-corrected chi connectivity index (χ0v) is 10.9. The summed E-state index contributed by atoms with van der Waals surface area (Å²) in [4.78, 5) is 25.2. The highest BCUT2D eigenvalue weighted by atomic mass is 16.2. The lowest BCUT2D eigenvalue weighted by atomic mass is 10.0. The standard InChI is InChI=1S/C14H19N3O2/c15-7-8-16-13(18)14(19)17-9-5-11-3-1-2-4-12(11)6-10-17/h1-4H,5-10,15H2,(H,16,18). The average molecular weight is 261 g/mol. The number of amides is 2. The molecule has 0 unspecified atom stereocenters. The van der Waals surface area contributed by atoms with Gasteiger partial charge in [0.25, 0.3) is 0 Å². The molecule has 0 radical (unpaired) electrons. The third-order valence-electron chi connectivity index (χ3n) is 3.33. The molecule has 0 bridgehead atoms. The fourth-order valence-electron chi connectivity index (χ4n) is 2.28. The zero-order chi connectivity index (χ0) is 13.7. The van der Waals surface area contributed by atoms with E-state index in [-0.39, 0.29) is 0 Å². The number of hydrogen-bond donors (Lipinski definition) is 2. The van der Waals surface area contributed by atoms with Gasteiger partial charge in [-0.2, -0.15) is 0 Å². The second-order valence-electron chi connectivity index (χ2n) is 4.61. The smallest absolute Gasteiger partial charge is 0.311 e. The summed E-state index contributed by atoms with van der Waals surface area (Å²) in [5.74, 6) is -1.02. The van der Waals surface area contributed by atoms with E-state index in [2.05, 4.69) is 17.4 Å². The SMILES string of the molecule is NCCNC(=O)C(=O)N1CCc2ccccc2CC1. The summed E-state index contributed by atoms with van der Waals surface area (Å²) in [6.07, 6.45) is 1.60. The normalized spacial score (nSPS) is 14.5. The number of rotatable bonds is 2. The molecular formula is C14H19N3O2. The number of hydrogen-bond acceptors (Lipinski definition) is 3. The monoisotopic (exact) mass is 261 g/mol. The number of carbonyl (C=O) groups excluding carboxylic acids is 2. The molecule has 0 saturated carbocycles. The molecule has 1 aliphatic rings. The predicted octanol–water partition coefficient (Wildman–Crippen LogP) is -0.311. The minimum atomic E-state index is -0.559. The second kappa shape index (κ2) is 6.33. The molecule has 0 spiro atoms. The van der Waals surface area contributed by atoms with Crippen molar-refractivity contribution in [2.45, 2.75) is 12.8 Å². The van der Waals surface area contributed by atoms with Crippen molar-refractivity contribution in [1.82, 2.24) is 10.2 Å². The number of nitrogens with zero attached hydrogens (tertiary/aromatic N) is 1. The highest BCUT2D eigenvalue weighted by molar-refractivity contribution is 6.35. The van der Waals surface area contributed by atoms with Gasteiger partial charge >= 0.3 is 11.8 Å². The zero-order valence-electron chi connectivity index (χ0n) is 10.9. The third kappa shape index (κ3) is 3.32. The van der Waals surface area contributed by atoms with E-state index >= 15 is 0 Å². The molecule has 5 nitrogen and oxygen atoms in total. The van der Waals surface area contributed by atoms with Gasteiger partial charge in [-0.05, 0) is 24.0 Å². The first kappa shape index (κ1) is 13.5. The van der Waals surface area contributed by atoms with Crippen LogP contribution in [0.5, 0.6) is 0 Å². The quantitative estimate of drug-likeness (QED) is 0.717.